The first kappa shape index (κ1) is 9.53. The van der Waals surface area contributed by atoms with Gasteiger partial charge in [0, 0.05) is 0 Å². The predicted octanol–water partition coefficient (Wildman–Crippen LogP) is 3.50. The van der Waals surface area contributed by atoms with E-state index in [9.17, 15) is 0 Å². The van der Waals surface area contributed by atoms with E-state index in [0.717, 1.165) is 10.2 Å². The van der Waals surface area contributed by atoms with Crippen molar-refractivity contribution >= 4 is 27.5 Å². The first-order valence-corrected chi connectivity index (χ1v) is 5.93. The highest BCUT2D eigenvalue weighted by molar-refractivity contribution is 9.10. The van der Waals surface area contributed by atoms with Crippen LogP contribution in [0.4, 0.5) is 0 Å². The number of aromatic nitrogens is 2. The minimum absolute atomic E-state index is 0.539. The van der Waals surface area contributed by atoms with Crippen LogP contribution in [0.15, 0.2) is 10.7 Å². The predicted molar refractivity (Wildman–Crippen MR) is 57.0 cm³/mol. The van der Waals surface area contributed by atoms with E-state index in [-0.39, 0.29) is 0 Å². The van der Waals surface area contributed by atoms with E-state index < -0.39 is 0 Å². The molecule has 0 N–H and O–H groups in total. The second-order valence-corrected chi connectivity index (χ2v) is 4.58. The molecular formula is C9H12BrClN2. The van der Waals surface area contributed by atoms with Crippen LogP contribution >= 0.6 is 27.5 Å². The van der Waals surface area contributed by atoms with E-state index in [1.54, 1.807) is 0 Å². The number of hydrogen-bond donors (Lipinski definition) is 0. The van der Waals surface area contributed by atoms with Gasteiger partial charge in [-0.25, -0.2) is 0 Å². The maximum Gasteiger partial charge on any atom is 0.0677 e. The van der Waals surface area contributed by atoms with Crippen LogP contribution in [0, 0.1) is 0 Å². The molecule has 72 valence electrons. The van der Waals surface area contributed by atoms with Crippen molar-refractivity contribution in [2.45, 2.75) is 37.6 Å². The third-order valence-corrected chi connectivity index (χ3v) is 3.56. The molecule has 1 aromatic heterocycles. The molecule has 2 rings (SSSR count). The first-order valence-electron chi connectivity index (χ1n) is 4.60. The van der Waals surface area contributed by atoms with Crippen molar-refractivity contribution in [2.24, 2.45) is 0 Å². The topological polar surface area (TPSA) is 17.8 Å². The summed E-state index contributed by atoms with van der Waals surface area (Å²) in [5.74, 6) is 0.539. The van der Waals surface area contributed by atoms with Gasteiger partial charge in [0.2, 0.25) is 0 Å². The Balaban J connectivity index is 2.27. The van der Waals surface area contributed by atoms with Crippen LogP contribution in [0.3, 0.4) is 0 Å². The molecule has 0 bridgehead atoms. The summed E-state index contributed by atoms with van der Waals surface area (Å²) in [5, 5.41) is 4.35. The molecule has 0 unspecified atom stereocenters. The fraction of sp³-hybridized carbons (Fsp3) is 0.667. The minimum atomic E-state index is 0.539. The monoisotopic (exact) mass is 262 g/mol. The molecular weight excluding hydrogens is 251 g/mol. The first-order chi connectivity index (χ1) is 6.33. The summed E-state index contributed by atoms with van der Waals surface area (Å²) in [5.41, 5.74) is 1.12. The Kier molecular flexibility index (Phi) is 2.94. The molecule has 0 aromatic carbocycles. The van der Waals surface area contributed by atoms with Crippen LogP contribution in [-0.2, 0) is 5.88 Å². The molecule has 13 heavy (non-hydrogen) atoms. The minimum Gasteiger partial charge on any atom is -0.264 e. The SMILES string of the molecule is ClCc1c(Br)cnn1C1CCCC1. The highest BCUT2D eigenvalue weighted by Crippen LogP contribution is 2.32. The van der Waals surface area contributed by atoms with Crippen molar-refractivity contribution in [3.8, 4) is 0 Å². The molecule has 1 aromatic rings. The van der Waals surface area contributed by atoms with Crippen LogP contribution in [0.5, 0.6) is 0 Å². The lowest BCUT2D eigenvalue weighted by Gasteiger charge is -2.12. The number of rotatable bonds is 2. The third kappa shape index (κ3) is 1.77. The lowest BCUT2D eigenvalue weighted by molar-refractivity contribution is 0.455. The molecule has 0 amide bonds. The van der Waals surface area contributed by atoms with E-state index in [4.69, 9.17) is 11.6 Å². The Labute approximate surface area is 91.4 Å². The molecule has 1 aliphatic carbocycles. The highest BCUT2D eigenvalue weighted by atomic mass is 79.9. The summed E-state index contributed by atoms with van der Waals surface area (Å²) in [6.45, 7) is 0. The van der Waals surface area contributed by atoms with Crippen LogP contribution in [0.1, 0.15) is 37.4 Å². The summed E-state index contributed by atoms with van der Waals surface area (Å²) in [7, 11) is 0. The van der Waals surface area contributed by atoms with Crippen molar-refractivity contribution in [3.05, 3.63) is 16.4 Å². The Hall–Kier alpha value is -0.0200. The van der Waals surface area contributed by atoms with Gasteiger partial charge < -0.3 is 0 Å². The van der Waals surface area contributed by atoms with Crippen LogP contribution < -0.4 is 0 Å². The molecule has 1 heterocycles. The number of hydrogen-bond acceptors (Lipinski definition) is 1. The molecule has 0 saturated heterocycles. The van der Waals surface area contributed by atoms with E-state index >= 15 is 0 Å². The van der Waals surface area contributed by atoms with Gasteiger partial charge in [-0.05, 0) is 28.8 Å². The van der Waals surface area contributed by atoms with E-state index in [1.165, 1.54) is 25.7 Å². The smallest absolute Gasteiger partial charge is 0.0677 e. The summed E-state index contributed by atoms with van der Waals surface area (Å²) in [6, 6.07) is 0.583. The molecule has 0 aliphatic heterocycles. The average molecular weight is 264 g/mol. The van der Waals surface area contributed by atoms with Gasteiger partial charge in [-0.3, -0.25) is 4.68 Å². The van der Waals surface area contributed by atoms with Crippen LogP contribution in [0.2, 0.25) is 0 Å². The number of alkyl halides is 1. The number of halogens is 2. The summed E-state index contributed by atoms with van der Waals surface area (Å²) in [6.07, 6.45) is 6.99. The third-order valence-electron chi connectivity index (χ3n) is 2.64. The molecule has 0 atom stereocenters. The van der Waals surface area contributed by atoms with Gasteiger partial charge in [-0.15, -0.1) is 11.6 Å². The summed E-state index contributed by atoms with van der Waals surface area (Å²) >= 11 is 9.32. The molecule has 0 spiro atoms. The Morgan fingerprint density at radius 3 is 2.85 bits per heavy atom. The van der Waals surface area contributed by atoms with Crippen LogP contribution in [-0.4, -0.2) is 9.78 Å². The van der Waals surface area contributed by atoms with Gasteiger partial charge in [-0.1, -0.05) is 12.8 Å². The summed E-state index contributed by atoms with van der Waals surface area (Å²) in [4.78, 5) is 0. The van der Waals surface area contributed by atoms with Gasteiger partial charge in [0.15, 0.2) is 0 Å². The largest absolute Gasteiger partial charge is 0.264 e. The molecule has 0 radical (unpaired) electrons. The lowest BCUT2D eigenvalue weighted by Crippen LogP contribution is -2.09. The van der Waals surface area contributed by atoms with Crippen molar-refractivity contribution in [1.29, 1.82) is 0 Å². The van der Waals surface area contributed by atoms with E-state index in [2.05, 4.69) is 25.7 Å². The molecule has 2 nitrogen and oxygen atoms in total. The van der Waals surface area contributed by atoms with Crippen molar-refractivity contribution < 1.29 is 0 Å². The maximum atomic E-state index is 5.87. The second kappa shape index (κ2) is 4.01. The average Bonchev–Trinajstić information content (AvgIpc) is 2.71. The second-order valence-electron chi connectivity index (χ2n) is 3.46. The molecule has 1 saturated carbocycles. The zero-order chi connectivity index (χ0) is 9.26. The van der Waals surface area contributed by atoms with Gasteiger partial charge in [0.25, 0.3) is 0 Å². The molecule has 1 aliphatic rings. The standard InChI is InChI=1S/C9H12BrClN2/c10-8-6-12-13(9(8)5-11)7-3-1-2-4-7/h6-7H,1-5H2. The Morgan fingerprint density at radius 1 is 1.54 bits per heavy atom. The van der Waals surface area contributed by atoms with Crippen molar-refractivity contribution in [2.75, 3.05) is 0 Å². The van der Waals surface area contributed by atoms with E-state index in [1.807, 2.05) is 6.20 Å². The van der Waals surface area contributed by atoms with Crippen LogP contribution in [0.25, 0.3) is 0 Å². The molecule has 4 heteroatoms. The van der Waals surface area contributed by atoms with Crippen molar-refractivity contribution in [3.63, 3.8) is 0 Å². The molecule has 1 fully saturated rings. The van der Waals surface area contributed by atoms with Gasteiger partial charge >= 0.3 is 0 Å². The lowest BCUT2D eigenvalue weighted by atomic mass is 10.2. The Morgan fingerprint density at radius 2 is 2.23 bits per heavy atom. The normalized spacial score (nSPS) is 18.3. The zero-order valence-electron chi connectivity index (χ0n) is 7.34. The highest BCUT2D eigenvalue weighted by Gasteiger charge is 2.20. The van der Waals surface area contributed by atoms with Crippen molar-refractivity contribution in [1.82, 2.24) is 9.78 Å². The van der Waals surface area contributed by atoms with Gasteiger partial charge in [-0.2, -0.15) is 5.10 Å². The van der Waals surface area contributed by atoms with Gasteiger partial charge in [0.1, 0.15) is 0 Å². The quantitative estimate of drug-likeness (QED) is 0.747. The number of nitrogens with zero attached hydrogens (tertiary/aromatic N) is 2. The van der Waals surface area contributed by atoms with E-state index in [0.29, 0.717) is 11.9 Å². The summed E-state index contributed by atoms with van der Waals surface area (Å²) < 4.78 is 3.12. The maximum absolute atomic E-state index is 5.87. The zero-order valence-corrected chi connectivity index (χ0v) is 9.68. The fourth-order valence-corrected chi connectivity index (χ4v) is 2.80. The van der Waals surface area contributed by atoms with Gasteiger partial charge in [0.05, 0.1) is 28.3 Å². The fourth-order valence-electron chi connectivity index (χ4n) is 1.96. The Bertz CT molecular complexity index is 292.